The Morgan fingerprint density at radius 1 is 0.913 bits per heavy atom. The van der Waals surface area contributed by atoms with Crippen molar-refractivity contribution in [2.24, 2.45) is 0 Å². The molecule has 2 heterocycles. The van der Waals surface area contributed by atoms with E-state index in [4.69, 9.17) is 9.47 Å². The number of aromatic nitrogens is 2. The van der Waals surface area contributed by atoms with Gasteiger partial charge < -0.3 is 14.5 Å². The lowest BCUT2D eigenvalue weighted by Crippen LogP contribution is -1.93. The van der Waals surface area contributed by atoms with Crippen LogP contribution in [0, 0.1) is 13.8 Å². The fourth-order valence-electron chi connectivity index (χ4n) is 3.50. The molecule has 0 aliphatic carbocycles. The van der Waals surface area contributed by atoms with Gasteiger partial charge in [-0.2, -0.15) is 0 Å². The van der Waals surface area contributed by atoms with Crippen LogP contribution >= 0.6 is 0 Å². The number of rotatable bonds is 2. The summed E-state index contributed by atoms with van der Waals surface area (Å²) in [5, 5.41) is 4.60. The number of pyridine rings is 1. The van der Waals surface area contributed by atoms with Gasteiger partial charge in [-0.3, -0.25) is 0 Å². The number of nitrogens with one attached hydrogen (secondary N) is 1. The van der Waals surface area contributed by atoms with Crippen molar-refractivity contribution in [3.8, 4) is 11.6 Å². The van der Waals surface area contributed by atoms with Crippen molar-refractivity contribution < 1.29 is 9.47 Å². The lowest BCUT2D eigenvalue weighted by Gasteiger charge is -2.11. The van der Waals surface area contributed by atoms with Gasteiger partial charge in [0, 0.05) is 27.9 Å². The molecule has 4 nitrogen and oxygen atoms in total. The number of ether oxygens (including phenoxy) is 2. The van der Waals surface area contributed by atoms with Crippen LogP contribution in [0.3, 0.4) is 0 Å². The van der Waals surface area contributed by atoms with Crippen LogP contribution in [0.15, 0.2) is 30.5 Å². The van der Waals surface area contributed by atoms with Crippen molar-refractivity contribution in [3.63, 3.8) is 0 Å². The highest BCUT2D eigenvalue weighted by Crippen LogP contribution is 2.39. The van der Waals surface area contributed by atoms with Crippen molar-refractivity contribution in [1.29, 1.82) is 0 Å². The molecule has 4 rings (SSSR count). The van der Waals surface area contributed by atoms with Gasteiger partial charge in [0.25, 0.3) is 0 Å². The third-order valence-electron chi connectivity index (χ3n) is 4.64. The van der Waals surface area contributed by atoms with Crippen LogP contribution < -0.4 is 9.47 Å². The second-order valence-electron chi connectivity index (χ2n) is 5.78. The summed E-state index contributed by atoms with van der Waals surface area (Å²) in [7, 11) is 3.36. The van der Waals surface area contributed by atoms with Crippen LogP contribution in [0.5, 0.6) is 11.6 Å². The number of hydrogen-bond acceptors (Lipinski definition) is 3. The van der Waals surface area contributed by atoms with E-state index in [1.165, 1.54) is 21.9 Å². The molecule has 0 radical (unpaired) electrons. The van der Waals surface area contributed by atoms with Gasteiger partial charge in [0.05, 0.1) is 19.7 Å². The molecule has 2 aromatic carbocycles. The van der Waals surface area contributed by atoms with E-state index in [1.807, 2.05) is 12.1 Å². The maximum absolute atomic E-state index is 5.50. The molecule has 116 valence electrons. The topological polar surface area (TPSA) is 47.1 Å². The van der Waals surface area contributed by atoms with E-state index in [1.54, 1.807) is 20.4 Å². The molecule has 0 atom stereocenters. The summed E-state index contributed by atoms with van der Waals surface area (Å²) >= 11 is 0. The molecular formula is C19H18N2O2. The first-order valence-electron chi connectivity index (χ1n) is 7.57. The Balaban J connectivity index is 2.28. The van der Waals surface area contributed by atoms with Crippen LogP contribution in [-0.4, -0.2) is 24.2 Å². The van der Waals surface area contributed by atoms with Gasteiger partial charge in [-0.1, -0.05) is 0 Å². The largest absolute Gasteiger partial charge is 0.497 e. The molecule has 0 bridgehead atoms. The fourth-order valence-corrected chi connectivity index (χ4v) is 3.50. The number of aryl methyl sites for hydroxylation is 2. The first-order valence-corrected chi connectivity index (χ1v) is 7.57. The lowest BCUT2D eigenvalue weighted by molar-refractivity contribution is 0.403. The molecular weight excluding hydrogens is 288 g/mol. The fraction of sp³-hybridized carbons (Fsp3) is 0.211. The monoisotopic (exact) mass is 306 g/mol. The molecule has 4 heteroatoms. The van der Waals surface area contributed by atoms with Crippen molar-refractivity contribution >= 4 is 32.6 Å². The van der Waals surface area contributed by atoms with Crippen LogP contribution in [0.4, 0.5) is 0 Å². The van der Waals surface area contributed by atoms with E-state index >= 15 is 0 Å². The SMILES string of the molecule is COc1ccc2[nH]c3c(C)c4ccnc(OC)c4c(C)c3c2c1. The van der Waals surface area contributed by atoms with Gasteiger partial charge in [-0.05, 0) is 54.6 Å². The molecule has 0 amide bonds. The average molecular weight is 306 g/mol. The molecule has 0 fully saturated rings. The van der Waals surface area contributed by atoms with E-state index in [0.29, 0.717) is 5.88 Å². The van der Waals surface area contributed by atoms with Crippen molar-refractivity contribution in [2.75, 3.05) is 14.2 Å². The second kappa shape index (κ2) is 4.88. The Morgan fingerprint density at radius 3 is 2.48 bits per heavy atom. The van der Waals surface area contributed by atoms with Gasteiger partial charge in [0.2, 0.25) is 5.88 Å². The van der Waals surface area contributed by atoms with Crippen molar-refractivity contribution in [3.05, 3.63) is 41.6 Å². The lowest BCUT2D eigenvalue weighted by atomic mass is 9.96. The van der Waals surface area contributed by atoms with Gasteiger partial charge in [-0.15, -0.1) is 0 Å². The Kier molecular flexibility index (Phi) is 2.94. The maximum Gasteiger partial charge on any atom is 0.221 e. The Hall–Kier alpha value is -2.75. The standard InChI is InChI=1S/C19H18N2O2/c1-10-13-7-8-20-19(23-4)17(13)11(2)16-14-9-12(22-3)5-6-15(14)21-18(10)16/h5-9,21H,1-4H3. The van der Waals surface area contributed by atoms with Crippen LogP contribution in [-0.2, 0) is 0 Å². The van der Waals surface area contributed by atoms with E-state index in [0.717, 1.165) is 27.6 Å². The molecule has 0 aliphatic heterocycles. The van der Waals surface area contributed by atoms with Crippen LogP contribution in [0.1, 0.15) is 11.1 Å². The Bertz CT molecular complexity index is 1060. The molecule has 0 aliphatic rings. The average Bonchev–Trinajstić information content (AvgIpc) is 2.97. The molecule has 0 spiro atoms. The quantitative estimate of drug-likeness (QED) is 0.593. The van der Waals surface area contributed by atoms with Crippen LogP contribution in [0.25, 0.3) is 32.6 Å². The molecule has 23 heavy (non-hydrogen) atoms. The highest BCUT2D eigenvalue weighted by atomic mass is 16.5. The zero-order valence-corrected chi connectivity index (χ0v) is 13.7. The van der Waals surface area contributed by atoms with Gasteiger partial charge in [-0.25, -0.2) is 4.98 Å². The zero-order chi connectivity index (χ0) is 16.1. The highest BCUT2D eigenvalue weighted by molar-refractivity contribution is 6.17. The van der Waals surface area contributed by atoms with Gasteiger partial charge in [0.15, 0.2) is 0 Å². The maximum atomic E-state index is 5.50. The predicted octanol–water partition coefficient (Wildman–Crippen LogP) is 4.50. The normalized spacial score (nSPS) is 11.5. The summed E-state index contributed by atoms with van der Waals surface area (Å²) in [6.07, 6.45) is 1.80. The first-order chi connectivity index (χ1) is 11.2. The van der Waals surface area contributed by atoms with E-state index < -0.39 is 0 Å². The van der Waals surface area contributed by atoms with E-state index in [9.17, 15) is 0 Å². The minimum atomic E-state index is 0.669. The number of benzene rings is 2. The minimum absolute atomic E-state index is 0.669. The summed E-state index contributed by atoms with van der Waals surface area (Å²) < 4.78 is 10.9. The molecule has 0 unspecified atom stereocenters. The molecule has 0 saturated heterocycles. The smallest absolute Gasteiger partial charge is 0.221 e. The molecule has 1 N–H and O–H groups in total. The number of nitrogens with zero attached hydrogens (tertiary/aromatic N) is 1. The number of hydrogen-bond donors (Lipinski definition) is 1. The summed E-state index contributed by atoms with van der Waals surface area (Å²) in [5.41, 5.74) is 4.64. The molecule has 0 saturated carbocycles. The third-order valence-corrected chi connectivity index (χ3v) is 4.64. The minimum Gasteiger partial charge on any atom is -0.497 e. The van der Waals surface area contributed by atoms with Crippen LogP contribution in [0.2, 0.25) is 0 Å². The van der Waals surface area contributed by atoms with Crippen molar-refractivity contribution in [1.82, 2.24) is 9.97 Å². The van der Waals surface area contributed by atoms with Crippen molar-refractivity contribution in [2.45, 2.75) is 13.8 Å². The summed E-state index contributed by atoms with van der Waals surface area (Å²) in [5.74, 6) is 1.52. The Morgan fingerprint density at radius 2 is 1.74 bits per heavy atom. The third kappa shape index (κ3) is 1.81. The number of aromatic amines is 1. The van der Waals surface area contributed by atoms with E-state index in [-0.39, 0.29) is 0 Å². The number of fused-ring (bicyclic) bond motifs is 4. The number of H-pyrrole nitrogens is 1. The Labute approximate surface area is 134 Å². The second-order valence-corrected chi connectivity index (χ2v) is 5.78. The zero-order valence-electron chi connectivity index (χ0n) is 13.7. The summed E-state index contributed by atoms with van der Waals surface area (Å²) in [6, 6.07) is 8.17. The number of methoxy groups -OCH3 is 2. The highest BCUT2D eigenvalue weighted by Gasteiger charge is 2.17. The van der Waals surface area contributed by atoms with Gasteiger partial charge in [0.1, 0.15) is 5.75 Å². The van der Waals surface area contributed by atoms with E-state index in [2.05, 4.69) is 35.9 Å². The first kappa shape index (κ1) is 13.9. The van der Waals surface area contributed by atoms with Gasteiger partial charge >= 0.3 is 0 Å². The predicted molar refractivity (Wildman–Crippen MR) is 93.7 cm³/mol. The molecule has 4 aromatic rings. The summed E-state index contributed by atoms with van der Waals surface area (Å²) in [6.45, 7) is 4.26. The summed E-state index contributed by atoms with van der Waals surface area (Å²) in [4.78, 5) is 7.93. The molecule has 2 aromatic heterocycles.